The number of amides is 2. The number of rotatable bonds is 2. The smallest absolute Gasteiger partial charge is 0.0796 e. The van der Waals surface area contributed by atoms with Gasteiger partial charge in [0.05, 0.1) is 11.8 Å². The number of hydrogen-bond acceptors (Lipinski definition) is 2. The fourth-order valence-corrected chi connectivity index (χ4v) is 2.25. The molecule has 0 heterocycles. The van der Waals surface area contributed by atoms with Crippen LogP contribution in [0.5, 0.6) is 0 Å². The topological polar surface area (TPSA) is 81.7 Å². The van der Waals surface area contributed by atoms with Crippen LogP contribution >= 0.6 is 0 Å². The number of hydrogen-bond donors (Lipinski definition) is 0. The van der Waals surface area contributed by atoms with E-state index in [4.69, 9.17) is 11.5 Å². The molecular formula is C23H19Cl2HfN2O2-5. The van der Waals surface area contributed by atoms with Crippen LogP contribution in [0.2, 0.25) is 0 Å². The van der Waals surface area contributed by atoms with Crippen molar-refractivity contribution in [2.24, 2.45) is 0 Å². The van der Waals surface area contributed by atoms with Gasteiger partial charge >= 0.3 is 0 Å². The van der Waals surface area contributed by atoms with E-state index in [2.05, 4.69) is 42.5 Å². The minimum absolute atomic E-state index is 0. The van der Waals surface area contributed by atoms with Gasteiger partial charge in [-0.1, -0.05) is 66.7 Å². The van der Waals surface area contributed by atoms with Crippen LogP contribution < -0.4 is 24.8 Å². The molecule has 4 rings (SSSR count). The molecule has 2 amide bonds. The van der Waals surface area contributed by atoms with Crippen molar-refractivity contribution >= 4 is 22.6 Å². The van der Waals surface area contributed by atoms with Gasteiger partial charge in [-0.2, -0.15) is 17.5 Å². The Kier molecular flexibility index (Phi) is 16.4. The van der Waals surface area contributed by atoms with Gasteiger partial charge in [0.15, 0.2) is 0 Å². The summed E-state index contributed by atoms with van der Waals surface area (Å²) in [7, 11) is 0. The van der Waals surface area contributed by atoms with E-state index in [-0.39, 0.29) is 50.7 Å². The zero-order valence-corrected chi connectivity index (χ0v) is 21.0. The van der Waals surface area contributed by atoms with Crippen LogP contribution in [0.4, 0.5) is 0 Å². The van der Waals surface area contributed by atoms with Gasteiger partial charge in [0.25, 0.3) is 0 Å². The van der Waals surface area contributed by atoms with E-state index in [1.807, 2.05) is 12.1 Å². The number of nitrogens with one attached hydrogen (secondary N) is 2. The Morgan fingerprint density at radius 3 is 1.37 bits per heavy atom. The van der Waals surface area contributed by atoms with Gasteiger partial charge in [0.2, 0.25) is 0 Å². The number of halogens is 2. The average Bonchev–Trinajstić information content (AvgIpc) is 3.19. The molecule has 0 fully saturated rings. The second-order valence-corrected chi connectivity index (χ2v) is 5.54. The van der Waals surface area contributed by atoms with Crippen LogP contribution in [0.15, 0.2) is 103 Å². The molecule has 0 spiro atoms. The van der Waals surface area contributed by atoms with Gasteiger partial charge in [-0.25, -0.2) is 0 Å². The second-order valence-electron chi connectivity index (χ2n) is 5.54. The fraction of sp³-hybridized carbons (Fsp3) is 0. The quantitative estimate of drug-likeness (QED) is 0.244. The van der Waals surface area contributed by atoms with Gasteiger partial charge < -0.3 is 45.9 Å². The Labute approximate surface area is 207 Å². The monoisotopic (exact) mass is 605 g/mol. The van der Waals surface area contributed by atoms with E-state index in [9.17, 15) is 9.59 Å². The van der Waals surface area contributed by atoms with Crippen molar-refractivity contribution in [2.45, 2.75) is 0 Å². The molecule has 0 aromatic heterocycles. The van der Waals surface area contributed by atoms with Gasteiger partial charge in [-0.3, -0.25) is 0 Å². The minimum Gasteiger partial charge on any atom is -1.00 e. The standard InChI is InChI=1S/C9H7.2C7H7NO.2ClH.Hf/c1-2-5-9-7-3-6-8(9)4-1;2*8-7(9)6-4-2-1-3-5-6;;;/h1-7H;2*1-5H,(H2,8,9);2*1H;/q-1;;;;;/p-4. The molecule has 4 aromatic rings. The first-order valence-electron chi connectivity index (χ1n) is 8.30. The predicted molar refractivity (Wildman–Crippen MR) is 110 cm³/mol. The molecule has 0 bridgehead atoms. The molecule has 30 heavy (non-hydrogen) atoms. The van der Waals surface area contributed by atoms with Crippen LogP contribution in [0, 0.1) is 0 Å². The van der Waals surface area contributed by atoms with Crippen LogP contribution in [0.3, 0.4) is 0 Å². The maximum atomic E-state index is 10.3. The van der Waals surface area contributed by atoms with Crippen molar-refractivity contribution in [3.05, 3.63) is 126 Å². The maximum absolute atomic E-state index is 10.3. The predicted octanol–water partition coefficient (Wildman–Crippen LogP) is 0.322. The molecule has 0 aliphatic carbocycles. The number of carbonyl (C=O) groups is 2. The summed E-state index contributed by atoms with van der Waals surface area (Å²) < 4.78 is 0. The van der Waals surface area contributed by atoms with Gasteiger partial charge in [0.1, 0.15) is 0 Å². The molecule has 0 saturated heterocycles. The molecule has 0 aliphatic rings. The molecule has 4 aromatic carbocycles. The molecule has 0 radical (unpaired) electrons. The third-order valence-electron chi connectivity index (χ3n) is 3.62. The normalized spacial score (nSPS) is 8.40. The number of benzene rings is 3. The summed E-state index contributed by atoms with van der Waals surface area (Å²) in [4.78, 5) is 20.6. The number of carbonyl (C=O) groups excluding carboxylic acids is 2. The molecule has 0 unspecified atom stereocenters. The van der Waals surface area contributed by atoms with Crippen LogP contribution in [0.1, 0.15) is 20.7 Å². The van der Waals surface area contributed by atoms with Crippen LogP contribution in [-0.2, 0) is 25.8 Å². The Morgan fingerprint density at radius 2 is 1.00 bits per heavy atom. The van der Waals surface area contributed by atoms with Crippen molar-refractivity contribution in [2.75, 3.05) is 0 Å². The SMILES string of the molecule is [Cl-].[Cl-].[Hf].[NH-]C(=O)c1ccccc1.[NH-]C(=O)c1ccccc1.c1ccc2[cH-]ccc2c1. The largest absolute Gasteiger partial charge is 1.00 e. The maximum Gasteiger partial charge on any atom is 0.0796 e. The zero-order chi connectivity index (χ0) is 19.5. The van der Waals surface area contributed by atoms with Gasteiger partial charge in [-0.05, 0) is 11.1 Å². The second kappa shape index (κ2) is 16.5. The molecule has 156 valence electrons. The first-order valence-corrected chi connectivity index (χ1v) is 8.30. The van der Waals surface area contributed by atoms with Crippen molar-refractivity contribution in [1.82, 2.24) is 0 Å². The first kappa shape index (κ1) is 29.9. The summed E-state index contributed by atoms with van der Waals surface area (Å²) in [5.41, 5.74) is 14.2. The number of fused-ring (bicyclic) bond motifs is 1. The van der Waals surface area contributed by atoms with Gasteiger partial charge in [0, 0.05) is 25.8 Å². The van der Waals surface area contributed by atoms with E-state index in [0.29, 0.717) is 11.1 Å². The summed E-state index contributed by atoms with van der Waals surface area (Å²) in [6.07, 6.45) is 0. The zero-order valence-electron chi connectivity index (χ0n) is 15.9. The van der Waals surface area contributed by atoms with Gasteiger partial charge in [-0.15, -0.1) is 29.7 Å². The van der Waals surface area contributed by atoms with E-state index in [0.717, 1.165) is 0 Å². The van der Waals surface area contributed by atoms with E-state index in [1.165, 1.54) is 10.8 Å². The van der Waals surface area contributed by atoms with Crippen LogP contribution in [0.25, 0.3) is 22.2 Å². The summed E-state index contributed by atoms with van der Waals surface area (Å²) in [5.74, 6) is -1.26. The van der Waals surface area contributed by atoms with E-state index >= 15 is 0 Å². The molecule has 4 nitrogen and oxygen atoms in total. The summed E-state index contributed by atoms with van der Waals surface area (Å²) in [6.45, 7) is 0. The summed E-state index contributed by atoms with van der Waals surface area (Å²) >= 11 is 0. The Hall–Kier alpha value is -2.34. The Morgan fingerprint density at radius 1 is 0.600 bits per heavy atom. The fourth-order valence-electron chi connectivity index (χ4n) is 2.25. The third kappa shape index (κ3) is 10.4. The third-order valence-corrected chi connectivity index (χ3v) is 3.62. The first-order chi connectivity index (χ1) is 13.1. The summed E-state index contributed by atoms with van der Waals surface area (Å²) in [6, 6.07) is 31.7. The molecule has 0 atom stereocenters. The Bertz CT molecular complexity index is 914. The summed E-state index contributed by atoms with van der Waals surface area (Å²) in [5, 5.41) is 2.66. The molecule has 0 saturated carbocycles. The van der Waals surface area contributed by atoms with Crippen molar-refractivity contribution < 1.29 is 60.2 Å². The Balaban J connectivity index is 0. The molecule has 0 aliphatic heterocycles. The van der Waals surface area contributed by atoms with E-state index in [1.54, 1.807) is 48.5 Å². The van der Waals surface area contributed by atoms with Crippen LogP contribution in [-0.4, -0.2) is 11.8 Å². The average molecular weight is 605 g/mol. The van der Waals surface area contributed by atoms with Crippen molar-refractivity contribution in [3.8, 4) is 0 Å². The molecule has 7 heteroatoms. The van der Waals surface area contributed by atoms with Crippen molar-refractivity contribution in [1.29, 1.82) is 0 Å². The molecular weight excluding hydrogens is 586 g/mol. The van der Waals surface area contributed by atoms with Crippen molar-refractivity contribution in [3.63, 3.8) is 0 Å². The molecule has 2 N–H and O–H groups in total. The van der Waals surface area contributed by atoms with E-state index < -0.39 is 11.8 Å². The minimum atomic E-state index is -0.629.